The third-order valence-electron chi connectivity index (χ3n) is 1.98. The molecule has 1 aromatic carbocycles. The Bertz CT molecular complexity index is 557. The lowest BCUT2D eigenvalue weighted by Crippen LogP contribution is -1.89. The standard InChI is InChI=1S/C11H8BrN3O/c1-7-5-11(15-14-7)16-10-4-2-3-9(12)8(10)6-13/h2-5H,1H3,(H,14,15). The van der Waals surface area contributed by atoms with E-state index in [0.29, 0.717) is 21.7 Å². The fourth-order valence-electron chi connectivity index (χ4n) is 1.26. The minimum atomic E-state index is 0.451. The van der Waals surface area contributed by atoms with Gasteiger partial charge in [-0.3, -0.25) is 5.10 Å². The average molecular weight is 278 g/mol. The molecule has 1 aromatic heterocycles. The van der Waals surface area contributed by atoms with Gasteiger partial charge in [0.1, 0.15) is 17.4 Å². The summed E-state index contributed by atoms with van der Waals surface area (Å²) in [6.45, 7) is 1.88. The van der Waals surface area contributed by atoms with Crippen molar-refractivity contribution < 1.29 is 4.74 Å². The Morgan fingerprint density at radius 1 is 1.50 bits per heavy atom. The first-order valence-corrected chi connectivity index (χ1v) is 5.38. The smallest absolute Gasteiger partial charge is 0.238 e. The number of H-pyrrole nitrogens is 1. The lowest BCUT2D eigenvalue weighted by atomic mass is 10.2. The number of hydrogen-bond donors (Lipinski definition) is 1. The van der Waals surface area contributed by atoms with Gasteiger partial charge in [-0.1, -0.05) is 6.07 Å². The molecule has 1 N–H and O–H groups in total. The fraction of sp³-hybridized carbons (Fsp3) is 0.0909. The SMILES string of the molecule is Cc1cc(Oc2cccc(Br)c2C#N)n[nH]1. The first-order chi connectivity index (χ1) is 7.70. The maximum atomic E-state index is 8.99. The largest absolute Gasteiger partial charge is 0.436 e. The molecule has 0 atom stereocenters. The van der Waals surface area contributed by atoms with Gasteiger partial charge in [0.25, 0.3) is 0 Å². The Hall–Kier alpha value is -1.80. The number of benzene rings is 1. The molecule has 0 unspecified atom stereocenters. The van der Waals surface area contributed by atoms with Crippen LogP contribution < -0.4 is 4.74 Å². The molecule has 0 radical (unpaired) electrons. The van der Waals surface area contributed by atoms with Crippen LogP contribution in [0.2, 0.25) is 0 Å². The summed E-state index contributed by atoms with van der Waals surface area (Å²) in [7, 11) is 0. The summed E-state index contributed by atoms with van der Waals surface area (Å²) in [4.78, 5) is 0. The summed E-state index contributed by atoms with van der Waals surface area (Å²) < 4.78 is 6.22. The minimum Gasteiger partial charge on any atom is -0.436 e. The zero-order valence-corrected chi connectivity index (χ0v) is 10.1. The number of nitrogens with zero attached hydrogens (tertiary/aromatic N) is 2. The van der Waals surface area contributed by atoms with E-state index in [0.717, 1.165) is 5.69 Å². The van der Waals surface area contributed by atoms with Crippen molar-refractivity contribution in [3.05, 3.63) is 40.0 Å². The maximum Gasteiger partial charge on any atom is 0.238 e. The van der Waals surface area contributed by atoms with Crippen molar-refractivity contribution in [2.24, 2.45) is 0 Å². The highest BCUT2D eigenvalue weighted by Gasteiger charge is 2.09. The molecule has 1 heterocycles. The van der Waals surface area contributed by atoms with Crippen LogP contribution in [-0.4, -0.2) is 10.2 Å². The monoisotopic (exact) mass is 277 g/mol. The molecule has 0 aliphatic rings. The van der Waals surface area contributed by atoms with Crippen LogP contribution >= 0.6 is 15.9 Å². The molecule has 5 heteroatoms. The van der Waals surface area contributed by atoms with E-state index >= 15 is 0 Å². The molecule has 0 bridgehead atoms. The molecule has 0 saturated heterocycles. The van der Waals surface area contributed by atoms with Crippen molar-refractivity contribution >= 4 is 15.9 Å². The van der Waals surface area contributed by atoms with Gasteiger partial charge in [0.2, 0.25) is 5.88 Å². The molecule has 0 aliphatic heterocycles. The number of nitriles is 1. The fourth-order valence-corrected chi connectivity index (χ4v) is 1.69. The third kappa shape index (κ3) is 2.07. The van der Waals surface area contributed by atoms with Gasteiger partial charge in [-0.2, -0.15) is 5.26 Å². The summed E-state index contributed by atoms with van der Waals surface area (Å²) in [5, 5.41) is 15.7. The number of nitrogens with one attached hydrogen (secondary N) is 1. The predicted molar refractivity (Wildman–Crippen MR) is 62.3 cm³/mol. The van der Waals surface area contributed by atoms with Crippen LogP contribution in [0.4, 0.5) is 0 Å². The third-order valence-corrected chi connectivity index (χ3v) is 2.64. The molecule has 0 aliphatic carbocycles. The molecule has 0 fully saturated rings. The quantitative estimate of drug-likeness (QED) is 0.917. The number of aromatic amines is 1. The first kappa shape index (κ1) is 10.7. The summed E-state index contributed by atoms with van der Waals surface area (Å²) in [6, 6.07) is 9.17. The number of aromatic nitrogens is 2. The van der Waals surface area contributed by atoms with Crippen LogP contribution in [0, 0.1) is 18.3 Å². The lowest BCUT2D eigenvalue weighted by Gasteiger charge is -2.04. The number of ether oxygens (including phenoxy) is 1. The van der Waals surface area contributed by atoms with E-state index in [4.69, 9.17) is 10.00 Å². The van der Waals surface area contributed by atoms with Crippen molar-refractivity contribution in [3.8, 4) is 17.7 Å². The van der Waals surface area contributed by atoms with Crippen LogP contribution in [-0.2, 0) is 0 Å². The Morgan fingerprint density at radius 2 is 2.31 bits per heavy atom. The van der Waals surface area contributed by atoms with E-state index in [2.05, 4.69) is 32.2 Å². The second-order valence-corrected chi connectivity index (χ2v) is 4.07. The van der Waals surface area contributed by atoms with Crippen molar-refractivity contribution in [1.29, 1.82) is 5.26 Å². The van der Waals surface area contributed by atoms with E-state index in [1.165, 1.54) is 0 Å². The van der Waals surface area contributed by atoms with Gasteiger partial charge in [-0.15, -0.1) is 5.10 Å². The lowest BCUT2D eigenvalue weighted by molar-refractivity contribution is 0.460. The van der Waals surface area contributed by atoms with Crippen LogP contribution in [0.25, 0.3) is 0 Å². The molecular formula is C11H8BrN3O. The molecule has 80 valence electrons. The van der Waals surface area contributed by atoms with E-state index in [1.807, 2.05) is 6.92 Å². The van der Waals surface area contributed by atoms with E-state index in [1.54, 1.807) is 24.3 Å². The summed E-state index contributed by atoms with van der Waals surface area (Å²) in [6.07, 6.45) is 0. The van der Waals surface area contributed by atoms with Gasteiger partial charge < -0.3 is 4.74 Å². The van der Waals surface area contributed by atoms with Crippen LogP contribution in [0.15, 0.2) is 28.7 Å². The second-order valence-electron chi connectivity index (χ2n) is 3.22. The highest BCUT2D eigenvalue weighted by Crippen LogP contribution is 2.29. The molecular weight excluding hydrogens is 270 g/mol. The van der Waals surface area contributed by atoms with E-state index in [9.17, 15) is 0 Å². The Labute approximate surface area is 101 Å². The number of rotatable bonds is 2. The second kappa shape index (κ2) is 4.37. The molecule has 0 saturated carbocycles. The molecule has 0 amide bonds. The Balaban J connectivity index is 2.35. The van der Waals surface area contributed by atoms with Crippen molar-refractivity contribution in [1.82, 2.24) is 10.2 Å². The van der Waals surface area contributed by atoms with Gasteiger partial charge in [0, 0.05) is 16.2 Å². The Morgan fingerprint density at radius 3 is 2.94 bits per heavy atom. The molecule has 16 heavy (non-hydrogen) atoms. The average Bonchev–Trinajstić information content (AvgIpc) is 2.64. The van der Waals surface area contributed by atoms with Gasteiger partial charge in [0.05, 0.1) is 0 Å². The highest BCUT2D eigenvalue weighted by molar-refractivity contribution is 9.10. The van der Waals surface area contributed by atoms with E-state index < -0.39 is 0 Å². The van der Waals surface area contributed by atoms with E-state index in [-0.39, 0.29) is 0 Å². The van der Waals surface area contributed by atoms with Gasteiger partial charge in [-0.05, 0) is 35.0 Å². The molecule has 4 nitrogen and oxygen atoms in total. The van der Waals surface area contributed by atoms with Gasteiger partial charge in [0.15, 0.2) is 0 Å². The topological polar surface area (TPSA) is 61.7 Å². The first-order valence-electron chi connectivity index (χ1n) is 4.59. The number of hydrogen-bond acceptors (Lipinski definition) is 3. The number of aryl methyl sites for hydroxylation is 1. The number of halogens is 1. The summed E-state index contributed by atoms with van der Waals surface area (Å²) >= 11 is 3.30. The van der Waals surface area contributed by atoms with Gasteiger partial charge >= 0.3 is 0 Å². The minimum absolute atomic E-state index is 0.451. The molecule has 2 rings (SSSR count). The Kier molecular flexibility index (Phi) is 2.93. The molecule has 2 aromatic rings. The summed E-state index contributed by atoms with van der Waals surface area (Å²) in [5.41, 5.74) is 1.37. The van der Waals surface area contributed by atoms with Crippen LogP contribution in [0.1, 0.15) is 11.3 Å². The van der Waals surface area contributed by atoms with Crippen molar-refractivity contribution in [2.75, 3.05) is 0 Å². The highest BCUT2D eigenvalue weighted by atomic mass is 79.9. The van der Waals surface area contributed by atoms with Crippen LogP contribution in [0.3, 0.4) is 0 Å². The predicted octanol–water partition coefficient (Wildman–Crippen LogP) is 3.14. The summed E-state index contributed by atoms with van der Waals surface area (Å²) in [5.74, 6) is 0.940. The maximum absolute atomic E-state index is 8.99. The van der Waals surface area contributed by atoms with Crippen molar-refractivity contribution in [2.45, 2.75) is 6.92 Å². The zero-order chi connectivity index (χ0) is 11.5. The normalized spacial score (nSPS) is 9.81. The molecule has 0 spiro atoms. The zero-order valence-electron chi connectivity index (χ0n) is 8.49. The van der Waals surface area contributed by atoms with Gasteiger partial charge in [-0.25, -0.2) is 0 Å². The van der Waals surface area contributed by atoms with Crippen LogP contribution in [0.5, 0.6) is 11.6 Å². The van der Waals surface area contributed by atoms with Crippen molar-refractivity contribution in [3.63, 3.8) is 0 Å².